The van der Waals surface area contributed by atoms with Crippen LogP contribution in [0.1, 0.15) is 57.3 Å². The second kappa shape index (κ2) is 7.36. The highest BCUT2D eigenvalue weighted by Crippen LogP contribution is 2.48. The lowest BCUT2D eigenvalue weighted by Crippen LogP contribution is -2.36. The van der Waals surface area contributed by atoms with Crippen LogP contribution >= 0.6 is 11.8 Å². The summed E-state index contributed by atoms with van der Waals surface area (Å²) in [5, 5.41) is 7.18. The Morgan fingerprint density at radius 2 is 1.75 bits per heavy atom. The first-order chi connectivity index (χ1) is 13.5. The molecule has 0 saturated heterocycles. The molecule has 1 atom stereocenters. The molecule has 0 saturated carbocycles. The molecule has 0 radical (unpaired) electrons. The van der Waals surface area contributed by atoms with Crippen molar-refractivity contribution in [2.75, 3.05) is 28.3 Å². The molecule has 0 spiro atoms. The van der Waals surface area contributed by atoms with E-state index in [1.165, 1.54) is 10.5 Å². The van der Waals surface area contributed by atoms with Crippen LogP contribution in [-0.4, -0.2) is 18.7 Å². The predicted octanol–water partition coefficient (Wildman–Crippen LogP) is 5.76. The minimum Gasteiger partial charge on any atom is -0.360 e. The number of nitrogens with one attached hydrogen (secondary N) is 2. The van der Waals surface area contributed by atoms with Crippen molar-refractivity contribution in [1.82, 2.24) is 0 Å². The molecule has 2 aliphatic heterocycles. The summed E-state index contributed by atoms with van der Waals surface area (Å²) in [6, 6.07) is 13.0. The highest BCUT2D eigenvalue weighted by Gasteiger charge is 2.44. The van der Waals surface area contributed by atoms with E-state index >= 15 is 0 Å². The number of hydrogen-bond acceptors (Lipinski definition) is 4. The van der Waals surface area contributed by atoms with Crippen LogP contribution in [0.2, 0.25) is 0 Å². The third-order valence-electron chi connectivity index (χ3n) is 5.91. The number of amides is 1. The number of fused-ring (bicyclic) bond motifs is 2. The molecule has 0 fully saturated rings. The number of thioether (sulfide) groups is 1. The van der Waals surface area contributed by atoms with Crippen molar-refractivity contribution in [3.63, 3.8) is 0 Å². The number of rotatable bonds is 6. The third kappa shape index (κ3) is 3.16. The average molecular weight is 396 g/mol. The van der Waals surface area contributed by atoms with E-state index in [1.54, 1.807) is 11.8 Å². The fourth-order valence-corrected chi connectivity index (χ4v) is 4.57. The van der Waals surface area contributed by atoms with E-state index in [4.69, 9.17) is 0 Å². The van der Waals surface area contributed by atoms with Crippen LogP contribution in [0.3, 0.4) is 0 Å². The molecular weight excluding hydrogens is 366 g/mol. The molecule has 2 aromatic carbocycles. The molecule has 0 bridgehead atoms. The smallest absolute Gasteiger partial charge is 0.237 e. The summed E-state index contributed by atoms with van der Waals surface area (Å²) in [5.74, 6) is 0.214. The van der Waals surface area contributed by atoms with Gasteiger partial charge in [0.1, 0.15) is 6.17 Å². The van der Waals surface area contributed by atoms with Gasteiger partial charge in [-0.15, -0.1) is 11.8 Å². The van der Waals surface area contributed by atoms with Gasteiger partial charge in [-0.05, 0) is 61.9 Å². The topological polar surface area (TPSA) is 44.4 Å². The predicted molar refractivity (Wildman–Crippen MR) is 120 cm³/mol. The van der Waals surface area contributed by atoms with Crippen molar-refractivity contribution in [2.45, 2.75) is 56.5 Å². The van der Waals surface area contributed by atoms with Gasteiger partial charge in [-0.3, -0.25) is 4.79 Å². The molecule has 1 unspecified atom stereocenters. The van der Waals surface area contributed by atoms with Gasteiger partial charge in [-0.1, -0.05) is 31.9 Å². The van der Waals surface area contributed by atoms with Crippen LogP contribution in [0.15, 0.2) is 41.3 Å². The maximum Gasteiger partial charge on any atom is 0.237 e. The zero-order valence-corrected chi connectivity index (χ0v) is 18.0. The number of carbonyl (C=O) groups is 1. The molecule has 5 heteroatoms. The minimum atomic E-state index is -0.476. The lowest BCUT2D eigenvalue weighted by atomic mass is 9.86. The molecule has 2 aromatic rings. The molecule has 4 nitrogen and oxygen atoms in total. The Labute approximate surface area is 172 Å². The van der Waals surface area contributed by atoms with Gasteiger partial charge < -0.3 is 15.5 Å². The van der Waals surface area contributed by atoms with Gasteiger partial charge in [0.15, 0.2) is 0 Å². The highest BCUT2D eigenvalue weighted by molar-refractivity contribution is 7.98. The first kappa shape index (κ1) is 19.2. The summed E-state index contributed by atoms with van der Waals surface area (Å²) in [6.07, 6.45) is 5.50. The summed E-state index contributed by atoms with van der Waals surface area (Å²) in [7, 11) is 0. The summed E-state index contributed by atoms with van der Waals surface area (Å²) >= 11 is 1.75. The van der Waals surface area contributed by atoms with E-state index in [-0.39, 0.29) is 12.1 Å². The van der Waals surface area contributed by atoms with Crippen molar-refractivity contribution in [3.05, 3.63) is 47.5 Å². The van der Waals surface area contributed by atoms with Crippen molar-refractivity contribution in [1.29, 1.82) is 0 Å². The maximum absolute atomic E-state index is 13.0. The van der Waals surface area contributed by atoms with Crippen LogP contribution in [0.4, 0.5) is 17.1 Å². The van der Waals surface area contributed by atoms with E-state index in [2.05, 4.69) is 60.2 Å². The third-order valence-corrected chi connectivity index (χ3v) is 6.66. The first-order valence-electron chi connectivity index (χ1n) is 10.1. The number of nitrogens with zero attached hydrogens (tertiary/aromatic N) is 1. The quantitative estimate of drug-likeness (QED) is 0.482. The molecular formula is C23H29N3OS. The monoisotopic (exact) mass is 395 g/mol. The van der Waals surface area contributed by atoms with E-state index in [9.17, 15) is 4.79 Å². The van der Waals surface area contributed by atoms with E-state index < -0.39 is 5.41 Å². The first-order valence-corrected chi connectivity index (χ1v) is 11.4. The number of carbonyl (C=O) groups excluding carboxylic acids is 1. The van der Waals surface area contributed by atoms with Gasteiger partial charge in [-0.2, -0.15) is 0 Å². The molecule has 28 heavy (non-hydrogen) atoms. The second-order valence-electron chi connectivity index (χ2n) is 8.20. The van der Waals surface area contributed by atoms with Crippen LogP contribution in [-0.2, 0) is 10.2 Å². The summed E-state index contributed by atoms with van der Waals surface area (Å²) in [5.41, 5.74) is 5.08. The normalized spacial score (nSPS) is 19.2. The average Bonchev–Trinajstić information content (AvgIpc) is 3.19. The Morgan fingerprint density at radius 1 is 1.07 bits per heavy atom. The van der Waals surface area contributed by atoms with Crippen LogP contribution in [0.5, 0.6) is 0 Å². The summed E-state index contributed by atoms with van der Waals surface area (Å²) < 4.78 is 0. The Bertz CT molecular complexity index is 891. The van der Waals surface area contributed by atoms with Gasteiger partial charge in [0.2, 0.25) is 5.91 Å². The van der Waals surface area contributed by atoms with Gasteiger partial charge in [0, 0.05) is 11.4 Å². The largest absolute Gasteiger partial charge is 0.360 e. The second-order valence-corrected chi connectivity index (χ2v) is 9.08. The minimum absolute atomic E-state index is 0.0563. The van der Waals surface area contributed by atoms with Crippen LogP contribution < -0.4 is 15.5 Å². The highest BCUT2D eigenvalue weighted by atomic mass is 32.2. The number of hydrogen-bond donors (Lipinski definition) is 2. The lowest BCUT2D eigenvalue weighted by Gasteiger charge is -2.20. The molecule has 148 valence electrons. The molecule has 4 rings (SSSR count). The number of unbranched alkanes of at least 4 members (excludes halogenated alkanes) is 2. The van der Waals surface area contributed by atoms with Crippen molar-refractivity contribution in [2.24, 2.45) is 0 Å². The Morgan fingerprint density at radius 3 is 2.39 bits per heavy atom. The van der Waals surface area contributed by atoms with Gasteiger partial charge in [0.05, 0.1) is 22.5 Å². The zero-order chi connectivity index (χ0) is 19.9. The fraction of sp³-hybridized carbons (Fsp3) is 0.435. The fourth-order valence-electron chi connectivity index (χ4n) is 4.17. The van der Waals surface area contributed by atoms with E-state index in [0.29, 0.717) is 0 Å². The summed E-state index contributed by atoms with van der Waals surface area (Å²) in [4.78, 5) is 16.3. The molecule has 2 N–H and O–H groups in total. The number of anilines is 3. The van der Waals surface area contributed by atoms with Gasteiger partial charge in [0.25, 0.3) is 0 Å². The Balaban J connectivity index is 1.62. The standard InChI is InChI=1S/C23H29N3OS/c1-5-6-7-12-26-20-14-19-18(13-17(20)23(2,3)22(26)27)24-21(25-19)15-8-10-16(28-4)11-9-15/h8-11,13-14,21,24-25H,5-7,12H2,1-4H3. The van der Waals surface area contributed by atoms with Crippen LogP contribution in [0, 0.1) is 0 Å². The Hall–Kier alpha value is -2.14. The van der Waals surface area contributed by atoms with E-state index in [0.717, 1.165) is 48.4 Å². The molecule has 0 aromatic heterocycles. The molecule has 2 heterocycles. The molecule has 0 aliphatic carbocycles. The van der Waals surface area contributed by atoms with E-state index in [1.807, 2.05) is 18.7 Å². The molecule has 1 amide bonds. The van der Waals surface area contributed by atoms with Crippen LogP contribution in [0.25, 0.3) is 0 Å². The maximum atomic E-state index is 13.0. The lowest BCUT2D eigenvalue weighted by molar-refractivity contribution is -0.122. The van der Waals surface area contributed by atoms with Gasteiger partial charge >= 0.3 is 0 Å². The van der Waals surface area contributed by atoms with Gasteiger partial charge in [-0.25, -0.2) is 0 Å². The Kier molecular flexibility index (Phi) is 5.04. The van der Waals surface area contributed by atoms with Crippen molar-refractivity contribution >= 4 is 34.7 Å². The number of benzene rings is 2. The van der Waals surface area contributed by atoms with Crippen molar-refractivity contribution in [3.8, 4) is 0 Å². The van der Waals surface area contributed by atoms with Crippen molar-refractivity contribution < 1.29 is 4.79 Å². The summed E-state index contributed by atoms with van der Waals surface area (Å²) in [6.45, 7) is 7.08. The molecule has 2 aliphatic rings. The SMILES string of the molecule is CCCCCN1C(=O)C(C)(C)c2cc3c(cc21)NC(c1ccc(SC)cc1)N3. The zero-order valence-electron chi connectivity index (χ0n) is 17.1.